The molecule has 124 valence electrons. The van der Waals surface area contributed by atoms with Crippen molar-refractivity contribution in [3.05, 3.63) is 48.5 Å². The molecule has 3 N–H and O–H groups in total. The third-order valence-electron chi connectivity index (χ3n) is 4.10. The number of amides is 2. The molecule has 0 atom stereocenters. The molecule has 0 saturated heterocycles. The van der Waals surface area contributed by atoms with E-state index in [0.29, 0.717) is 0 Å². The van der Waals surface area contributed by atoms with Gasteiger partial charge in [0.25, 0.3) is 0 Å². The van der Waals surface area contributed by atoms with E-state index in [9.17, 15) is 9.59 Å². The summed E-state index contributed by atoms with van der Waals surface area (Å²) in [7, 11) is 0. The fraction of sp³-hybridized carbons (Fsp3) is 0.263. The quantitative estimate of drug-likeness (QED) is 0.775. The van der Waals surface area contributed by atoms with Crippen LogP contribution >= 0.6 is 0 Å². The van der Waals surface area contributed by atoms with E-state index in [4.69, 9.17) is 0 Å². The molecule has 0 spiro atoms. The first-order chi connectivity index (χ1) is 11.6. The molecule has 0 unspecified atom stereocenters. The largest absolute Gasteiger partial charge is 0.355 e. The first-order valence-electron chi connectivity index (χ1n) is 8.16. The minimum atomic E-state index is -0.0984. The molecule has 0 radical (unpaired) electrons. The van der Waals surface area contributed by atoms with Crippen molar-refractivity contribution in [1.82, 2.24) is 0 Å². The molecule has 2 amide bonds. The minimum absolute atomic E-state index is 0.0984. The number of rotatable bonds is 5. The Labute approximate surface area is 141 Å². The van der Waals surface area contributed by atoms with E-state index in [2.05, 4.69) is 16.0 Å². The second-order valence-electron chi connectivity index (χ2n) is 6.08. The number of hydrogen-bond donors (Lipinski definition) is 3. The second kappa shape index (κ2) is 7.17. The first kappa shape index (κ1) is 16.1. The molecule has 24 heavy (non-hydrogen) atoms. The molecule has 1 saturated carbocycles. The zero-order valence-electron chi connectivity index (χ0n) is 13.6. The summed E-state index contributed by atoms with van der Waals surface area (Å²) < 4.78 is 0. The van der Waals surface area contributed by atoms with Gasteiger partial charge in [0.1, 0.15) is 0 Å². The highest BCUT2D eigenvalue weighted by Crippen LogP contribution is 2.28. The van der Waals surface area contributed by atoms with Crippen molar-refractivity contribution in [1.29, 1.82) is 0 Å². The van der Waals surface area contributed by atoms with Crippen LogP contribution in [0.5, 0.6) is 0 Å². The number of nitrogens with one attached hydrogen (secondary N) is 3. The fourth-order valence-corrected chi connectivity index (χ4v) is 2.60. The molecule has 0 aliphatic heterocycles. The van der Waals surface area contributed by atoms with Crippen LogP contribution in [-0.2, 0) is 9.59 Å². The van der Waals surface area contributed by atoms with Crippen LogP contribution in [-0.4, -0.2) is 11.8 Å². The smallest absolute Gasteiger partial charge is 0.227 e. The van der Waals surface area contributed by atoms with Gasteiger partial charge in [-0.2, -0.15) is 0 Å². The molecule has 0 aromatic heterocycles. The molecule has 1 aliphatic carbocycles. The normalized spacial score (nSPS) is 13.7. The fourth-order valence-electron chi connectivity index (χ4n) is 2.60. The van der Waals surface area contributed by atoms with Crippen LogP contribution in [0.15, 0.2) is 48.5 Å². The summed E-state index contributed by atoms with van der Waals surface area (Å²) in [6.45, 7) is 1.48. The number of benzene rings is 2. The number of carbonyl (C=O) groups is 2. The van der Waals surface area contributed by atoms with E-state index in [-0.39, 0.29) is 17.7 Å². The highest BCUT2D eigenvalue weighted by Gasteiger charge is 2.24. The van der Waals surface area contributed by atoms with E-state index < -0.39 is 0 Å². The Bertz CT molecular complexity index is 737. The SMILES string of the molecule is CC(=O)Nc1cccc(Nc2ccc(NC(=O)C3CCC3)cc2)c1. The van der Waals surface area contributed by atoms with E-state index in [1.165, 1.54) is 6.92 Å². The lowest BCUT2D eigenvalue weighted by molar-refractivity contribution is -0.122. The average molecular weight is 323 g/mol. The Morgan fingerprint density at radius 2 is 1.54 bits per heavy atom. The summed E-state index contributed by atoms with van der Waals surface area (Å²) in [5.41, 5.74) is 3.35. The number of anilines is 4. The molecule has 5 nitrogen and oxygen atoms in total. The van der Waals surface area contributed by atoms with Crippen molar-refractivity contribution in [2.75, 3.05) is 16.0 Å². The van der Waals surface area contributed by atoms with Crippen LogP contribution in [0, 0.1) is 5.92 Å². The molecular formula is C19H21N3O2. The van der Waals surface area contributed by atoms with Gasteiger partial charge in [0.15, 0.2) is 0 Å². The van der Waals surface area contributed by atoms with Gasteiger partial charge in [-0.25, -0.2) is 0 Å². The maximum atomic E-state index is 11.9. The zero-order chi connectivity index (χ0) is 16.9. The molecule has 1 aliphatic rings. The van der Waals surface area contributed by atoms with Crippen molar-refractivity contribution >= 4 is 34.6 Å². The molecule has 2 aromatic rings. The van der Waals surface area contributed by atoms with Crippen LogP contribution in [0.1, 0.15) is 26.2 Å². The van der Waals surface area contributed by atoms with Crippen molar-refractivity contribution in [2.24, 2.45) is 5.92 Å². The van der Waals surface area contributed by atoms with Crippen LogP contribution in [0.4, 0.5) is 22.7 Å². The summed E-state index contributed by atoms with van der Waals surface area (Å²) in [5.74, 6) is 0.197. The summed E-state index contributed by atoms with van der Waals surface area (Å²) >= 11 is 0. The summed E-state index contributed by atoms with van der Waals surface area (Å²) in [6, 6.07) is 15.1. The number of carbonyl (C=O) groups excluding carboxylic acids is 2. The van der Waals surface area contributed by atoms with Crippen molar-refractivity contribution in [3.63, 3.8) is 0 Å². The maximum Gasteiger partial charge on any atom is 0.227 e. The van der Waals surface area contributed by atoms with Crippen LogP contribution in [0.2, 0.25) is 0 Å². The predicted molar refractivity (Wildman–Crippen MR) is 96.4 cm³/mol. The Morgan fingerprint density at radius 3 is 2.17 bits per heavy atom. The van der Waals surface area contributed by atoms with E-state index in [1.807, 2.05) is 48.5 Å². The van der Waals surface area contributed by atoms with Crippen molar-refractivity contribution in [3.8, 4) is 0 Å². The van der Waals surface area contributed by atoms with E-state index in [1.54, 1.807) is 0 Å². The topological polar surface area (TPSA) is 70.2 Å². The summed E-state index contributed by atoms with van der Waals surface area (Å²) in [6.07, 6.45) is 3.14. The highest BCUT2D eigenvalue weighted by atomic mass is 16.2. The van der Waals surface area contributed by atoms with Gasteiger partial charge in [0, 0.05) is 35.6 Å². The molecular weight excluding hydrogens is 302 g/mol. The molecule has 0 heterocycles. The van der Waals surface area contributed by atoms with Gasteiger partial charge in [0.2, 0.25) is 11.8 Å². The summed E-state index contributed by atoms with van der Waals surface area (Å²) in [4.78, 5) is 23.1. The molecule has 5 heteroatoms. The minimum Gasteiger partial charge on any atom is -0.355 e. The van der Waals surface area contributed by atoms with Gasteiger partial charge in [-0.15, -0.1) is 0 Å². The maximum absolute atomic E-state index is 11.9. The van der Waals surface area contributed by atoms with E-state index >= 15 is 0 Å². The first-order valence-corrected chi connectivity index (χ1v) is 8.16. The van der Waals surface area contributed by atoms with Gasteiger partial charge in [-0.1, -0.05) is 12.5 Å². The number of hydrogen-bond acceptors (Lipinski definition) is 3. The van der Waals surface area contributed by atoms with Crippen LogP contribution in [0.25, 0.3) is 0 Å². The van der Waals surface area contributed by atoms with Gasteiger partial charge in [-0.05, 0) is 55.3 Å². The Morgan fingerprint density at radius 1 is 0.875 bits per heavy atom. The van der Waals surface area contributed by atoms with Gasteiger partial charge < -0.3 is 16.0 Å². The highest BCUT2D eigenvalue weighted by molar-refractivity contribution is 5.93. The van der Waals surface area contributed by atoms with Crippen LogP contribution < -0.4 is 16.0 Å². The average Bonchev–Trinajstić information content (AvgIpc) is 2.47. The summed E-state index contributed by atoms with van der Waals surface area (Å²) in [5, 5.41) is 8.99. The molecule has 0 bridgehead atoms. The van der Waals surface area contributed by atoms with Crippen molar-refractivity contribution in [2.45, 2.75) is 26.2 Å². The standard InChI is InChI=1S/C19H21N3O2/c1-13(23)20-17-6-3-7-18(12-17)21-15-8-10-16(11-9-15)22-19(24)14-4-2-5-14/h3,6-12,14,21H,2,4-5H2,1H3,(H,20,23)(H,22,24). The lowest BCUT2D eigenvalue weighted by atomic mass is 9.85. The van der Waals surface area contributed by atoms with Crippen molar-refractivity contribution < 1.29 is 9.59 Å². The van der Waals surface area contributed by atoms with Crippen LogP contribution in [0.3, 0.4) is 0 Å². The third-order valence-corrected chi connectivity index (χ3v) is 4.10. The second-order valence-corrected chi connectivity index (χ2v) is 6.08. The Balaban J connectivity index is 1.61. The van der Waals surface area contributed by atoms with Gasteiger partial charge in [-0.3, -0.25) is 9.59 Å². The zero-order valence-corrected chi connectivity index (χ0v) is 13.6. The molecule has 3 rings (SSSR count). The predicted octanol–water partition coefficient (Wildman–Crippen LogP) is 4.13. The lowest BCUT2D eigenvalue weighted by Crippen LogP contribution is -2.27. The third kappa shape index (κ3) is 4.13. The molecule has 2 aromatic carbocycles. The molecule has 1 fully saturated rings. The monoisotopic (exact) mass is 323 g/mol. The Kier molecular flexibility index (Phi) is 4.79. The lowest BCUT2D eigenvalue weighted by Gasteiger charge is -2.24. The van der Waals surface area contributed by atoms with E-state index in [0.717, 1.165) is 42.0 Å². The van der Waals surface area contributed by atoms with Gasteiger partial charge in [0.05, 0.1) is 0 Å². The van der Waals surface area contributed by atoms with Gasteiger partial charge >= 0.3 is 0 Å². The Hall–Kier alpha value is -2.82.